The Morgan fingerprint density at radius 3 is 2.55 bits per heavy atom. The van der Waals surface area contributed by atoms with E-state index in [0.717, 1.165) is 36.1 Å². The summed E-state index contributed by atoms with van der Waals surface area (Å²) in [6.45, 7) is 3.96. The molecular weight excluding hydrogens is 390 g/mol. The number of hydrogen-bond donors (Lipinski definition) is 1. The predicted molar refractivity (Wildman–Crippen MR) is 113 cm³/mol. The fourth-order valence-electron chi connectivity index (χ4n) is 3.46. The van der Waals surface area contributed by atoms with Gasteiger partial charge in [-0.15, -0.1) is 11.3 Å². The monoisotopic (exact) mass is 417 g/mol. The highest BCUT2D eigenvalue weighted by molar-refractivity contribution is 7.17. The van der Waals surface area contributed by atoms with Gasteiger partial charge in [-0.3, -0.25) is 4.79 Å². The van der Waals surface area contributed by atoms with Crippen LogP contribution in [0, 0.1) is 0 Å². The number of benzene rings is 1. The molecular formula is C22H27NO5S. The van der Waals surface area contributed by atoms with E-state index in [1.165, 1.54) is 11.3 Å². The Bertz CT molecular complexity index is 876. The first kappa shape index (κ1) is 21.2. The second-order valence-corrected chi connectivity index (χ2v) is 7.90. The number of carbonyl (C=O) groups excluding carboxylic acids is 2. The first-order valence-electron chi connectivity index (χ1n) is 10.0. The van der Waals surface area contributed by atoms with Crippen LogP contribution in [-0.2, 0) is 22.4 Å². The molecule has 1 amide bonds. The van der Waals surface area contributed by atoms with Crippen molar-refractivity contribution in [3.8, 4) is 11.5 Å². The SMILES string of the molecule is CCOC(=O)c1c(NC(=O)C(CC)Oc2ccccc2OC)sc2c1CCCC2. The average molecular weight is 418 g/mol. The van der Waals surface area contributed by atoms with Crippen molar-refractivity contribution in [2.75, 3.05) is 19.0 Å². The summed E-state index contributed by atoms with van der Waals surface area (Å²) in [6, 6.07) is 7.22. The standard InChI is InChI=1S/C22H27NO5S/c1-4-15(28-17-12-8-7-11-16(17)26-3)20(24)23-21-19(22(25)27-5-2)14-10-6-9-13-18(14)29-21/h7-8,11-12,15H,4-6,9-10,13H2,1-3H3,(H,23,24). The Kier molecular flexibility index (Phi) is 7.14. The van der Waals surface area contributed by atoms with Gasteiger partial charge in [0.2, 0.25) is 0 Å². The van der Waals surface area contributed by atoms with Gasteiger partial charge in [-0.25, -0.2) is 4.79 Å². The van der Waals surface area contributed by atoms with Crippen LogP contribution in [0.3, 0.4) is 0 Å². The van der Waals surface area contributed by atoms with Crippen molar-refractivity contribution in [1.82, 2.24) is 0 Å². The zero-order valence-corrected chi connectivity index (χ0v) is 17.9. The molecule has 1 N–H and O–H groups in total. The number of carbonyl (C=O) groups is 2. The maximum atomic E-state index is 13.0. The number of rotatable bonds is 8. The van der Waals surface area contributed by atoms with Gasteiger partial charge < -0.3 is 19.5 Å². The van der Waals surface area contributed by atoms with Gasteiger partial charge >= 0.3 is 5.97 Å². The summed E-state index contributed by atoms with van der Waals surface area (Å²) < 4.78 is 16.5. The number of methoxy groups -OCH3 is 1. The number of anilines is 1. The van der Waals surface area contributed by atoms with Crippen LogP contribution in [0.4, 0.5) is 5.00 Å². The zero-order valence-electron chi connectivity index (χ0n) is 17.1. The molecule has 0 bridgehead atoms. The van der Waals surface area contributed by atoms with E-state index in [1.807, 2.05) is 19.1 Å². The first-order chi connectivity index (χ1) is 14.1. The summed E-state index contributed by atoms with van der Waals surface area (Å²) in [5, 5.41) is 3.49. The molecule has 1 atom stereocenters. The summed E-state index contributed by atoms with van der Waals surface area (Å²) in [5.74, 6) is 0.411. The molecule has 29 heavy (non-hydrogen) atoms. The van der Waals surface area contributed by atoms with E-state index >= 15 is 0 Å². The van der Waals surface area contributed by atoms with Crippen LogP contribution in [0.1, 0.15) is 53.9 Å². The minimum absolute atomic E-state index is 0.289. The quantitative estimate of drug-likeness (QED) is 0.635. The van der Waals surface area contributed by atoms with Gasteiger partial charge in [0, 0.05) is 4.88 Å². The van der Waals surface area contributed by atoms with Gasteiger partial charge in [0.1, 0.15) is 5.00 Å². The van der Waals surface area contributed by atoms with Gasteiger partial charge in [0.25, 0.3) is 5.91 Å². The highest BCUT2D eigenvalue weighted by Crippen LogP contribution is 2.39. The molecule has 1 aliphatic carbocycles. The highest BCUT2D eigenvalue weighted by atomic mass is 32.1. The van der Waals surface area contributed by atoms with Crippen molar-refractivity contribution in [1.29, 1.82) is 0 Å². The second kappa shape index (κ2) is 9.78. The molecule has 0 radical (unpaired) electrons. The van der Waals surface area contributed by atoms with Crippen molar-refractivity contribution >= 4 is 28.2 Å². The molecule has 3 rings (SSSR count). The third-order valence-electron chi connectivity index (χ3n) is 4.89. The van der Waals surface area contributed by atoms with Crippen molar-refractivity contribution in [2.24, 2.45) is 0 Å². The fourth-order valence-corrected chi connectivity index (χ4v) is 4.74. The van der Waals surface area contributed by atoms with Crippen molar-refractivity contribution < 1.29 is 23.8 Å². The van der Waals surface area contributed by atoms with E-state index in [4.69, 9.17) is 14.2 Å². The summed E-state index contributed by atoms with van der Waals surface area (Å²) >= 11 is 1.47. The third kappa shape index (κ3) is 4.72. The topological polar surface area (TPSA) is 73.9 Å². The number of thiophene rings is 1. The highest BCUT2D eigenvalue weighted by Gasteiger charge is 2.29. The Balaban J connectivity index is 1.83. The van der Waals surface area contributed by atoms with Crippen LogP contribution in [0.5, 0.6) is 11.5 Å². The van der Waals surface area contributed by atoms with E-state index in [-0.39, 0.29) is 11.9 Å². The minimum atomic E-state index is -0.708. The van der Waals surface area contributed by atoms with Gasteiger partial charge in [-0.05, 0) is 56.7 Å². The zero-order chi connectivity index (χ0) is 20.8. The molecule has 0 aliphatic heterocycles. The summed E-state index contributed by atoms with van der Waals surface area (Å²) in [6.07, 6.45) is 3.67. The van der Waals surface area contributed by atoms with Crippen molar-refractivity contribution in [3.63, 3.8) is 0 Å². The lowest BCUT2D eigenvalue weighted by molar-refractivity contribution is -0.122. The molecule has 0 saturated carbocycles. The van der Waals surface area contributed by atoms with Gasteiger partial charge in [0.05, 0.1) is 19.3 Å². The molecule has 7 heteroatoms. The predicted octanol–water partition coefficient (Wildman–Crippen LogP) is 4.61. The number of aryl methyl sites for hydroxylation is 1. The second-order valence-electron chi connectivity index (χ2n) is 6.79. The van der Waals surface area contributed by atoms with Crippen LogP contribution in [0.15, 0.2) is 24.3 Å². The largest absolute Gasteiger partial charge is 0.493 e. The Morgan fingerprint density at radius 2 is 1.86 bits per heavy atom. The number of esters is 1. The lowest BCUT2D eigenvalue weighted by atomic mass is 9.95. The van der Waals surface area contributed by atoms with E-state index in [0.29, 0.717) is 35.1 Å². The van der Waals surface area contributed by atoms with Gasteiger partial charge in [-0.1, -0.05) is 19.1 Å². The Morgan fingerprint density at radius 1 is 1.14 bits per heavy atom. The molecule has 2 aromatic rings. The number of ether oxygens (including phenoxy) is 3. The number of amides is 1. The van der Waals surface area contributed by atoms with Gasteiger partial charge in [-0.2, -0.15) is 0 Å². The molecule has 156 valence electrons. The fraction of sp³-hybridized carbons (Fsp3) is 0.455. The lowest BCUT2D eigenvalue weighted by Gasteiger charge is -2.19. The summed E-state index contributed by atoms with van der Waals surface area (Å²) in [7, 11) is 1.56. The first-order valence-corrected chi connectivity index (χ1v) is 10.8. The number of nitrogens with one attached hydrogen (secondary N) is 1. The maximum Gasteiger partial charge on any atom is 0.341 e. The number of para-hydroxylation sites is 2. The molecule has 6 nitrogen and oxygen atoms in total. The molecule has 0 spiro atoms. The number of fused-ring (bicyclic) bond motifs is 1. The van der Waals surface area contributed by atoms with Gasteiger partial charge in [0.15, 0.2) is 17.6 Å². The molecule has 1 unspecified atom stereocenters. The Hall–Kier alpha value is -2.54. The minimum Gasteiger partial charge on any atom is -0.493 e. The van der Waals surface area contributed by atoms with E-state index < -0.39 is 6.10 Å². The normalized spacial score (nSPS) is 13.9. The summed E-state index contributed by atoms with van der Waals surface area (Å²) in [5.41, 5.74) is 1.53. The van der Waals surface area contributed by atoms with Crippen LogP contribution >= 0.6 is 11.3 Å². The van der Waals surface area contributed by atoms with Crippen LogP contribution in [0.25, 0.3) is 0 Å². The van der Waals surface area contributed by atoms with Crippen LogP contribution in [-0.4, -0.2) is 31.7 Å². The van der Waals surface area contributed by atoms with Crippen LogP contribution < -0.4 is 14.8 Å². The number of hydrogen-bond acceptors (Lipinski definition) is 6. The molecule has 1 aromatic heterocycles. The Labute approximate surface area is 175 Å². The molecule has 0 fully saturated rings. The average Bonchev–Trinajstić information content (AvgIpc) is 3.10. The molecule has 1 aromatic carbocycles. The molecule has 1 aliphatic rings. The third-order valence-corrected chi connectivity index (χ3v) is 6.10. The molecule has 0 saturated heterocycles. The lowest BCUT2D eigenvalue weighted by Crippen LogP contribution is -2.32. The maximum absolute atomic E-state index is 13.0. The smallest absolute Gasteiger partial charge is 0.341 e. The van der Waals surface area contributed by atoms with E-state index in [2.05, 4.69) is 5.32 Å². The van der Waals surface area contributed by atoms with Crippen molar-refractivity contribution in [2.45, 2.75) is 52.1 Å². The summed E-state index contributed by atoms with van der Waals surface area (Å²) in [4.78, 5) is 26.7. The van der Waals surface area contributed by atoms with Crippen LogP contribution in [0.2, 0.25) is 0 Å². The van der Waals surface area contributed by atoms with Crippen molar-refractivity contribution in [3.05, 3.63) is 40.3 Å². The van der Waals surface area contributed by atoms with E-state index in [1.54, 1.807) is 26.2 Å². The van der Waals surface area contributed by atoms with E-state index in [9.17, 15) is 9.59 Å². The molecule has 1 heterocycles.